The number of halogens is 1. The Labute approximate surface area is 234 Å². The molecule has 6 rings (SSSR count). The van der Waals surface area contributed by atoms with E-state index in [-0.39, 0.29) is 18.6 Å². The van der Waals surface area contributed by atoms with Gasteiger partial charge < -0.3 is 10.5 Å². The molecule has 40 heavy (non-hydrogen) atoms. The van der Waals surface area contributed by atoms with Crippen LogP contribution in [0.1, 0.15) is 67.0 Å². The van der Waals surface area contributed by atoms with E-state index in [4.69, 9.17) is 10.5 Å². The summed E-state index contributed by atoms with van der Waals surface area (Å²) in [6, 6.07) is 24.7. The van der Waals surface area contributed by atoms with Crippen LogP contribution in [-0.4, -0.2) is 28.7 Å². The second kappa shape index (κ2) is 11.7. The molecular formula is C34H34FN3O2. The molecule has 4 aromatic rings. The van der Waals surface area contributed by atoms with Crippen LogP contribution in [0.25, 0.3) is 28.1 Å². The Morgan fingerprint density at radius 3 is 2.40 bits per heavy atom. The Morgan fingerprint density at radius 1 is 0.950 bits per heavy atom. The lowest BCUT2D eigenvalue weighted by Crippen LogP contribution is -2.19. The zero-order chi connectivity index (χ0) is 27.5. The predicted molar refractivity (Wildman–Crippen MR) is 158 cm³/mol. The van der Waals surface area contributed by atoms with Crippen LogP contribution in [0, 0.1) is 11.9 Å². The summed E-state index contributed by atoms with van der Waals surface area (Å²) in [6.45, 7) is 0.664. The molecule has 0 amide bonds. The summed E-state index contributed by atoms with van der Waals surface area (Å²) >= 11 is 0. The van der Waals surface area contributed by atoms with E-state index in [2.05, 4.69) is 47.6 Å². The van der Waals surface area contributed by atoms with E-state index in [0.29, 0.717) is 17.9 Å². The summed E-state index contributed by atoms with van der Waals surface area (Å²) in [5, 5.41) is 4.77. The maximum Gasteiger partial charge on any atom is 0.240 e. The van der Waals surface area contributed by atoms with Crippen LogP contribution in [0.15, 0.2) is 78.9 Å². The molecule has 0 radical (unpaired) electrons. The monoisotopic (exact) mass is 535 g/mol. The molecule has 1 aromatic heterocycles. The van der Waals surface area contributed by atoms with Crippen molar-refractivity contribution in [2.75, 3.05) is 13.2 Å². The second-order valence-electron chi connectivity index (χ2n) is 10.7. The Balaban J connectivity index is 1.50. The molecule has 1 atom stereocenters. The van der Waals surface area contributed by atoms with Crippen molar-refractivity contribution in [3.05, 3.63) is 107 Å². The van der Waals surface area contributed by atoms with E-state index < -0.39 is 5.95 Å². The molecule has 5 nitrogen and oxygen atoms in total. The number of nitrogens with two attached hydrogens (primary N) is 1. The molecule has 0 bridgehead atoms. The van der Waals surface area contributed by atoms with Gasteiger partial charge in [0.2, 0.25) is 5.95 Å². The van der Waals surface area contributed by atoms with Crippen LogP contribution in [0.3, 0.4) is 0 Å². The normalized spacial score (nSPS) is 18.6. The summed E-state index contributed by atoms with van der Waals surface area (Å²) in [7, 11) is 0. The Morgan fingerprint density at radius 2 is 1.73 bits per heavy atom. The standard InChI is InChI=1S/C34H34FN3O2/c35-34-29-21-27(17-19-30(29)38(37-34)31-11-4-5-20-40-31)33(26-15-12-23(13-16-26)14-18-28(39)22-36)32(25-9-6-10-25)24-7-2-1-3-8-24/h1-3,7-8,12-19,21,25,31H,4-6,9-11,20,22,36H2/b18-14+,33-32-. The van der Waals surface area contributed by atoms with Crippen LogP contribution < -0.4 is 5.73 Å². The van der Waals surface area contributed by atoms with Crippen molar-refractivity contribution in [3.8, 4) is 0 Å². The number of carbonyl (C=O) groups excluding carboxylic acids is 1. The Hall–Kier alpha value is -3.87. The fourth-order valence-corrected chi connectivity index (χ4v) is 5.79. The van der Waals surface area contributed by atoms with Gasteiger partial charge in [-0.1, -0.05) is 73.2 Å². The van der Waals surface area contributed by atoms with Crippen molar-refractivity contribution in [1.82, 2.24) is 9.78 Å². The molecule has 1 saturated heterocycles. The fourth-order valence-electron chi connectivity index (χ4n) is 5.79. The van der Waals surface area contributed by atoms with Gasteiger partial charge in [-0.25, -0.2) is 4.68 Å². The average Bonchev–Trinajstić information content (AvgIpc) is 3.31. The zero-order valence-electron chi connectivity index (χ0n) is 22.6. The molecule has 2 N–H and O–H groups in total. The molecule has 2 heterocycles. The van der Waals surface area contributed by atoms with Crippen LogP contribution in [-0.2, 0) is 9.53 Å². The summed E-state index contributed by atoms with van der Waals surface area (Å²) in [4.78, 5) is 11.7. The van der Waals surface area contributed by atoms with Crippen LogP contribution in [0.4, 0.5) is 4.39 Å². The van der Waals surface area contributed by atoms with E-state index in [1.807, 2.05) is 30.3 Å². The third-order valence-corrected chi connectivity index (χ3v) is 8.11. The summed E-state index contributed by atoms with van der Waals surface area (Å²) in [6.07, 6.45) is 9.44. The van der Waals surface area contributed by atoms with Crippen LogP contribution in [0.2, 0.25) is 0 Å². The molecule has 2 fully saturated rings. The number of rotatable bonds is 8. The highest BCUT2D eigenvalue weighted by molar-refractivity contribution is 6.01. The third-order valence-electron chi connectivity index (χ3n) is 8.11. The number of ketones is 1. The van der Waals surface area contributed by atoms with E-state index in [1.54, 1.807) is 10.8 Å². The molecule has 204 valence electrons. The molecule has 2 aliphatic rings. The molecule has 1 aliphatic carbocycles. The number of carbonyl (C=O) groups is 1. The lowest BCUT2D eigenvalue weighted by molar-refractivity contribution is -0.113. The molecule has 1 aliphatic heterocycles. The number of hydrogen-bond donors (Lipinski definition) is 1. The quantitative estimate of drug-likeness (QED) is 0.192. The van der Waals surface area contributed by atoms with Crippen molar-refractivity contribution < 1.29 is 13.9 Å². The lowest BCUT2D eigenvalue weighted by Gasteiger charge is -2.31. The molecular weight excluding hydrogens is 501 g/mol. The molecule has 1 saturated carbocycles. The summed E-state index contributed by atoms with van der Waals surface area (Å²) in [5.41, 5.74) is 12.7. The number of hydrogen-bond acceptors (Lipinski definition) is 4. The first kappa shape index (κ1) is 26.4. The lowest BCUT2D eigenvalue weighted by atomic mass is 9.73. The highest BCUT2D eigenvalue weighted by Gasteiger charge is 2.28. The second-order valence-corrected chi connectivity index (χ2v) is 10.7. The minimum Gasteiger partial charge on any atom is -0.356 e. The topological polar surface area (TPSA) is 70.1 Å². The first-order chi connectivity index (χ1) is 19.6. The SMILES string of the molecule is NCC(=O)/C=C/c1ccc(/C(=C(\c2ccccc2)C2CCC2)c2ccc3c(c2)c(F)nn3C2CCCCO2)cc1. The van der Waals surface area contributed by atoms with Gasteiger partial charge >= 0.3 is 0 Å². The Kier molecular flexibility index (Phi) is 7.71. The van der Waals surface area contributed by atoms with E-state index in [0.717, 1.165) is 59.9 Å². The molecule has 0 spiro atoms. The average molecular weight is 536 g/mol. The number of benzene rings is 3. The third kappa shape index (κ3) is 5.29. The van der Waals surface area contributed by atoms with Crippen molar-refractivity contribution in [2.45, 2.75) is 44.8 Å². The van der Waals surface area contributed by atoms with Crippen molar-refractivity contribution in [2.24, 2.45) is 11.7 Å². The van der Waals surface area contributed by atoms with Crippen molar-refractivity contribution in [3.63, 3.8) is 0 Å². The maximum absolute atomic E-state index is 15.4. The van der Waals surface area contributed by atoms with Crippen molar-refractivity contribution >= 4 is 33.9 Å². The number of nitrogens with zero attached hydrogens (tertiary/aromatic N) is 2. The number of ether oxygens (including phenoxy) is 1. The summed E-state index contributed by atoms with van der Waals surface area (Å²) in [5.74, 6) is -0.158. The minimum atomic E-state index is -0.472. The van der Waals surface area contributed by atoms with Crippen LogP contribution >= 0.6 is 0 Å². The van der Waals surface area contributed by atoms with Gasteiger partial charge in [-0.05, 0) is 89.6 Å². The number of allylic oxidation sites excluding steroid dienone is 1. The highest BCUT2D eigenvalue weighted by Crippen LogP contribution is 2.45. The van der Waals surface area contributed by atoms with Gasteiger partial charge in [0.05, 0.1) is 17.4 Å². The molecule has 3 aromatic carbocycles. The first-order valence-corrected chi connectivity index (χ1v) is 14.2. The van der Waals surface area contributed by atoms with Gasteiger partial charge in [0.25, 0.3) is 0 Å². The molecule has 1 unspecified atom stereocenters. The van der Waals surface area contributed by atoms with Gasteiger partial charge in [0, 0.05) is 6.61 Å². The van der Waals surface area contributed by atoms with Crippen LogP contribution in [0.5, 0.6) is 0 Å². The van der Waals surface area contributed by atoms with Gasteiger partial charge in [0.1, 0.15) is 0 Å². The fraction of sp³-hybridized carbons (Fsp3) is 0.294. The van der Waals surface area contributed by atoms with E-state index in [9.17, 15) is 4.79 Å². The van der Waals surface area contributed by atoms with Gasteiger partial charge in [0.15, 0.2) is 12.0 Å². The Bertz CT molecular complexity index is 1560. The van der Waals surface area contributed by atoms with Gasteiger partial charge in [-0.2, -0.15) is 4.39 Å². The van der Waals surface area contributed by atoms with E-state index in [1.165, 1.54) is 23.6 Å². The van der Waals surface area contributed by atoms with Crippen molar-refractivity contribution in [1.29, 1.82) is 0 Å². The largest absolute Gasteiger partial charge is 0.356 e. The number of fused-ring (bicyclic) bond motifs is 1. The summed E-state index contributed by atoms with van der Waals surface area (Å²) < 4.78 is 23.0. The zero-order valence-corrected chi connectivity index (χ0v) is 22.6. The smallest absolute Gasteiger partial charge is 0.240 e. The highest BCUT2D eigenvalue weighted by atomic mass is 19.1. The number of aromatic nitrogens is 2. The van der Waals surface area contributed by atoms with Gasteiger partial charge in [-0.15, -0.1) is 5.10 Å². The van der Waals surface area contributed by atoms with Gasteiger partial charge in [-0.3, -0.25) is 4.79 Å². The first-order valence-electron chi connectivity index (χ1n) is 14.2. The predicted octanol–water partition coefficient (Wildman–Crippen LogP) is 7.17. The maximum atomic E-state index is 15.4. The van der Waals surface area contributed by atoms with E-state index >= 15 is 4.39 Å². The minimum absolute atomic E-state index is 0.00815. The molecule has 6 heteroatoms.